The Morgan fingerprint density at radius 3 is 2.42 bits per heavy atom. The minimum Gasteiger partial charge on any atom is -0.317 e. The molecule has 0 aromatic rings. The molecule has 2 heterocycles. The second kappa shape index (κ2) is 6.13. The van der Waals surface area contributed by atoms with Crippen LogP contribution in [0.15, 0.2) is 0 Å². The maximum Gasteiger partial charge on any atom is 0.0128 e. The summed E-state index contributed by atoms with van der Waals surface area (Å²) in [7, 11) is 0. The van der Waals surface area contributed by atoms with Crippen molar-refractivity contribution in [3.63, 3.8) is 0 Å². The van der Waals surface area contributed by atoms with Crippen LogP contribution in [0.2, 0.25) is 0 Å². The molecule has 0 aromatic carbocycles. The van der Waals surface area contributed by atoms with E-state index in [1.807, 2.05) is 0 Å². The smallest absolute Gasteiger partial charge is 0.0128 e. The molecule has 19 heavy (non-hydrogen) atoms. The van der Waals surface area contributed by atoms with Gasteiger partial charge in [0.1, 0.15) is 0 Å². The van der Waals surface area contributed by atoms with Gasteiger partial charge in [0.05, 0.1) is 0 Å². The van der Waals surface area contributed by atoms with E-state index in [9.17, 15) is 0 Å². The standard InChI is InChI=1S/C17H32N2/c1-13-5-6-16(12-14(13)2)19-11-3-4-17(19)15-7-9-18-10-8-15/h13-18H,3-12H2,1-2H3. The van der Waals surface area contributed by atoms with Crippen molar-refractivity contribution in [1.82, 2.24) is 10.2 Å². The van der Waals surface area contributed by atoms with E-state index in [0.29, 0.717) is 0 Å². The van der Waals surface area contributed by atoms with Crippen LogP contribution < -0.4 is 5.32 Å². The summed E-state index contributed by atoms with van der Waals surface area (Å²) in [6.07, 6.45) is 10.1. The fourth-order valence-electron chi connectivity index (χ4n) is 4.82. The summed E-state index contributed by atoms with van der Waals surface area (Å²) in [5, 5.41) is 3.53. The monoisotopic (exact) mass is 264 g/mol. The predicted octanol–water partition coefficient (Wildman–Crippen LogP) is 3.28. The van der Waals surface area contributed by atoms with Crippen molar-refractivity contribution in [2.24, 2.45) is 17.8 Å². The molecule has 0 bridgehead atoms. The van der Waals surface area contributed by atoms with Crippen LogP contribution in [0, 0.1) is 17.8 Å². The number of hydrogen-bond acceptors (Lipinski definition) is 2. The zero-order valence-electron chi connectivity index (χ0n) is 12.9. The average molecular weight is 264 g/mol. The molecule has 3 aliphatic rings. The Labute approximate surface area is 119 Å². The van der Waals surface area contributed by atoms with Gasteiger partial charge in [0, 0.05) is 12.1 Å². The summed E-state index contributed by atoms with van der Waals surface area (Å²) in [6, 6.07) is 1.83. The summed E-state index contributed by atoms with van der Waals surface area (Å²) >= 11 is 0. The first kappa shape index (κ1) is 13.9. The second-order valence-corrected chi connectivity index (χ2v) is 7.46. The van der Waals surface area contributed by atoms with E-state index < -0.39 is 0 Å². The molecule has 4 unspecified atom stereocenters. The largest absolute Gasteiger partial charge is 0.317 e. The minimum atomic E-state index is 0.911. The summed E-state index contributed by atoms with van der Waals surface area (Å²) in [5.74, 6) is 2.88. The highest BCUT2D eigenvalue weighted by Crippen LogP contribution is 2.38. The molecule has 4 atom stereocenters. The third kappa shape index (κ3) is 3.00. The van der Waals surface area contributed by atoms with Crippen LogP contribution in [0.5, 0.6) is 0 Å². The zero-order valence-corrected chi connectivity index (χ0v) is 12.9. The Kier molecular flexibility index (Phi) is 4.48. The maximum absolute atomic E-state index is 3.53. The van der Waals surface area contributed by atoms with E-state index in [2.05, 4.69) is 24.1 Å². The van der Waals surface area contributed by atoms with Crippen molar-refractivity contribution in [3.05, 3.63) is 0 Å². The number of rotatable bonds is 2. The predicted molar refractivity (Wildman–Crippen MR) is 81.3 cm³/mol. The molecule has 2 aliphatic heterocycles. The van der Waals surface area contributed by atoms with Gasteiger partial charge >= 0.3 is 0 Å². The lowest BCUT2D eigenvalue weighted by Crippen LogP contribution is -2.47. The number of likely N-dealkylation sites (tertiary alicyclic amines) is 1. The zero-order chi connectivity index (χ0) is 13.2. The molecule has 1 aliphatic carbocycles. The molecule has 0 aromatic heterocycles. The molecule has 0 spiro atoms. The Morgan fingerprint density at radius 1 is 0.895 bits per heavy atom. The van der Waals surface area contributed by atoms with Crippen LogP contribution in [0.1, 0.15) is 58.8 Å². The van der Waals surface area contributed by atoms with Gasteiger partial charge in [0.2, 0.25) is 0 Å². The van der Waals surface area contributed by atoms with Gasteiger partial charge < -0.3 is 5.32 Å². The molecule has 3 rings (SSSR count). The van der Waals surface area contributed by atoms with Gasteiger partial charge in [-0.3, -0.25) is 4.90 Å². The van der Waals surface area contributed by atoms with Crippen LogP contribution in [-0.2, 0) is 0 Å². The van der Waals surface area contributed by atoms with Gasteiger partial charge in [-0.05, 0) is 82.3 Å². The van der Waals surface area contributed by atoms with Gasteiger partial charge in [0.25, 0.3) is 0 Å². The normalized spacial score (nSPS) is 42.6. The maximum atomic E-state index is 3.53. The Hall–Kier alpha value is -0.0800. The molecule has 2 saturated heterocycles. The first-order valence-electron chi connectivity index (χ1n) is 8.72. The van der Waals surface area contributed by atoms with Gasteiger partial charge in [-0.25, -0.2) is 0 Å². The van der Waals surface area contributed by atoms with E-state index in [1.165, 1.54) is 64.6 Å². The van der Waals surface area contributed by atoms with E-state index in [4.69, 9.17) is 0 Å². The van der Waals surface area contributed by atoms with Crippen molar-refractivity contribution in [2.75, 3.05) is 19.6 Å². The van der Waals surface area contributed by atoms with Crippen molar-refractivity contribution in [1.29, 1.82) is 0 Å². The van der Waals surface area contributed by atoms with Crippen LogP contribution in [0.25, 0.3) is 0 Å². The van der Waals surface area contributed by atoms with E-state index in [-0.39, 0.29) is 0 Å². The molecule has 3 fully saturated rings. The molecule has 2 heteroatoms. The fraction of sp³-hybridized carbons (Fsp3) is 1.00. The van der Waals surface area contributed by atoms with E-state index in [1.54, 1.807) is 0 Å². The lowest BCUT2D eigenvalue weighted by Gasteiger charge is -2.43. The van der Waals surface area contributed by atoms with E-state index >= 15 is 0 Å². The summed E-state index contributed by atoms with van der Waals surface area (Å²) in [6.45, 7) is 8.84. The highest BCUT2D eigenvalue weighted by atomic mass is 15.2. The molecule has 2 nitrogen and oxygen atoms in total. The van der Waals surface area contributed by atoms with Crippen molar-refractivity contribution < 1.29 is 0 Å². The molecule has 110 valence electrons. The second-order valence-electron chi connectivity index (χ2n) is 7.46. The molecule has 0 radical (unpaired) electrons. The van der Waals surface area contributed by atoms with Gasteiger partial charge in [-0.2, -0.15) is 0 Å². The first-order valence-corrected chi connectivity index (χ1v) is 8.72. The van der Waals surface area contributed by atoms with Crippen LogP contribution in [-0.4, -0.2) is 36.6 Å². The lowest BCUT2D eigenvalue weighted by molar-refractivity contribution is 0.0666. The Morgan fingerprint density at radius 2 is 1.68 bits per heavy atom. The summed E-state index contributed by atoms with van der Waals surface area (Å²) in [5.41, 5.74) is 0. The van der Waals surface area contributed by atoms with Crippen LogP contribution in [0.4, 0.5) is 0 Å². The lowest BCUT2D eigenvalue weighted by atomic mass is 9.77. The summed E-state index contributed by atoms with van der Waals surface area (Å²) in [4.78, 5) is 2.94. The fourth-order valence-corrected chi connectivity index (χ4v) is 4.82. The molecule has 1 saturated carbocycles. The van der Waals surface area contributed by atoms with Crippen molar-refractivity contribution in [3.8, 4) is 0 Å². The van der Waals surface area contributed by atoms with Gasteiger partial charge in [0.15, 0.2) is 0 Å². The van der Waals surface area contributed by atoms with Crippen LogP contribution in [0.3, 0.4) is 0 Å². The van der Waals surface area contributed by atoms with E-state index in [0.717, 1.165) is 29.8 Å². The highest BCUT2D eigenvalue weighted by Gasteiger charge is 2.38. The van der Waals surface area contributed by atoms with Crippen molar-refractivity contribution >= 4 is 0 Å². The molecular formula is C17H32N2. The SMILES string of the molecule is CC1CCC(N2CCCC2C2CCNCC2)CC1C. The van der Waals surface area contributed by atoms with Gasteiger partial charge in [-0.1, -0.05) is 13.8 Å². The Balaban J connectivity index is 1.62. The molecular weight excluding hydrogens is 232 g/mol. The number of hydrogen-bond donors (Lipinski definition) is 1. The molecule has 0 amide bonds. The molecule has 1 N–H and O–H groups in total. The first-order chi connectivity index (χ1) is 9.25. The topological polar surface area (TPSA) is 15.3 Å². The highest BCUT2D eigenvalue weighted by molar-refractivity contribution is 4.93. The number of nitrogens with one attached hydrogen (secondary N) is 1. The quantitative estimate of drug-likeness (QED) is 0.823. The van der Waals surface area contributed by atoms with Gasteiger partial charge in [-0.15, -0.1) is 0 Å². The average Bonchev–Trinajstić information content (AvgIpc) is 2.92. The third-order valence-electron chi connectivity index (χ3n) is 6.31. The Bertz CT molecular complexity index is 285. The third-order valence-corrected chi connectivity index (χ3v) is 6.31. The minimum absolute atomic E-state index is 0.911. The number of piperidine rings is 1. The summed E-state index contributed by atoms with van der Waals surface area (Å²) < 4.78 is 0. The van der Waals surface area contributed by atoms with Crippen molar-refractivity contribution in [2.45, 2.75) is 70.9 Å². The van der Waals surface area contributed by atoms with Crippen LogP contribution >= 0.6 is 0 Å². The number of nitrogens with zero attached hydrogens (tertiary/aromatic N) is 1.